The molecule has 1 N–H and O–H groups in total. The van der Waals surface area contributed by atoms with Crippen LogP contribution in [0.15, 0.2) is 48.5 Å². The van der Waals surface area contributed by atoms with Crippen molar-refractivity contribution in [3.8, 4) is 0 Å². The summed E-state index contributed by atoms with van der Waals surface area (Å²) in [5, 5.41) is 3.44. The summed E-state index contributed by atoms with van der Waals surface area (Å²) in [5.41, 5.74) is 5.54. The molecule has 2 aromatic rings. The number of hydrogen-bond donors (Lipinski definition) is 1. The zero-order valence-corrected chi connectivity index (χ0v) is 12.1. The van der Waals surface area contributed by atoms with Gasteiger partial charge >= 0.3 is 0 Å². The lowest BCUT2D eigenvalue weighted by atomic mass is 9.96. The minimum Gasteiger partial charge on any atom is -0.316 e. The second-order valence-electron chi connectivity index (χ2n) is 5.31. The summed E-state index contributed by atoms with van der Waals surface area (Å²) < 4.78 is 0. The van der Waals surface area contributed by atoms with Crippen molar-refractivity contribution >= 4 is 0 Å². The van der Waals surface area contributed by atoms with Crippen molar-refractivity contribution in [2.24, 2.45) is 0 Å². The third kappa shape index (κ3) is 3.93. The van der Waals surface area contributed by atoms with Gasteiger partial charge in [0.1, 0.15) is 0 Å². The highest BCUT2D eigenvalue weighted by atomic mass is 14.9. The van der Waals surface area contributed by atoms with Gasteiger partial charge in [-0.05, 0) is 50.4 Å². The molecule has 0 saturated heterocycles. The van der Waals surface area contributed by atoms with E-state index in [0.29, 0.717) is 6.04 Å². The van der Waals surface area contributed by atoms with Crippen LogP contribution in [0.3, 0.4) is 0 Å². The fourth-order valence-electron chi connectivity index (χ4n) is 2.39. The molecule has 19 heavy (non-hydrogen) atoms. The molecule has 0 bridgehead atoms. The number of rotatable bonds is 5. The van der Waals surface area contributed by atoms with Crippen molar-refractivity contribution in [1.29, 1.82) is 0 Å². The van der Waals surface area contributed by atoms with Gasteiger partial charge in [-0.1, -0.05) is 54.1 Å². The molecular weight excluding hydrogens is 230 g/mol. The number of likely N-dealkylation sites (N-methyl/N-ethyl adjacent to an activating group) is 1. The van der Waals surface area contributed by atoms with Gasteiger partial charge in [0.15, 0.2) is 0 Å². The van der Waals surface area contributed by atoms with Gasteiger partial charge in [0, 0.05) is 6.04 Å². The molecule has 0 aliphatic heterocycles. The van der Waals surface area contributed by atoms with Gasteiger partial charge in [0.2, 0.25) is 0 Å². The molecule has 1 atom stereocenters. The Morgan fingerprint density at radius 2 is 1.58 bits per heavy atom. The summed E-state index contributed by atoms with van der Waals surface area (Å²) in [4.78, 5) is 0. The average Bonchev–Trinajstić information content (AvgIpc) is 2.43. The van der Waals surface area contributed by atoms with E-state index in [0.717, 1.165) is 12.8 Å². The molecule has 0 spiro atoms. The normalized spacial score (nSPS) is 12.4. The lowest BCUT2D eigenvalue weighted by Crippen LogP contribution is -2.30. The first-order chi connectivity index (χ1) is 9.19. The molecule has 100 valence electrons. The van der Waals surface area contributed by atoms with Gasteiger partial charge in [-0.15, -0.1) is 0 Å². The van der Waals surface area contributed by atoms with Gasteiger partial charge in [-0.25, -0.2) is 0 Å². The van der Waals surface area contributed by atoms with E-state index in [1.165, 1.54) is 22.3 Å². The van der Waals surface area contributed by atoms with Crippen LogP contribution < -0.4 is 5.32 Å². The highest BCUT2D eigenvalue weighted by Crippen LogP contribution is 2.13. The summed E-state index contributed by atoms with van der Waals surface area (Å²) in [6, 6.07) is 18.0. The third-order valence-electron chi connectivity index (χ3n) is 3.74. The van der Waals surface area contributed by atoms with Crippen LogP contribution in [0, 0.1) is 13.8 Å². The molecule has 1 nitrogen and oxygen atoms in total. The van der Waals surface area contributed by atoms with E-state index in [9.17, 15) is 0 Å². The molecule has 1 heteroatoms. The zero-order valence-electron chi connectivity index (χ0n) is 12.1. The monoisotopic (exact) mass is 253 g/mol. The van der Waals surface area contributed by atoms with Crippen molar-refractivity contribution in [1.82, 2.24) is 5.32 Å². The lowest BCUT2D eigenvalue weighted by molar-refractivity contribution is 0.555. The van der Waals surface area contributed by atoms with Gasteiger partial charge in [0.05, 0.1) is 0 Å². The van der Waals surface area contributed by atoms with Crippen LogP contribution in [0.1, 0.15) is 22.3 Å². The first-order valence-corrected chi connectivity index (χ1v) is 6.96. The Hall–Kier alpha value is -1.60. The second kappa shape index (κ2) is 6.53. The average molecular weight is 253 g/mol. The Bertz CT molecular complexity index is 513. The summed E-state index contributed by atoms with van der Waals surface area (Å²) in [6.45, 7) is 4.32. The first kappa shape index (κ1) is 13.8. The van der Waals surface area contributed by atoms with Crippen LogP contribution in [0.4, 0.5) is 0 Å². The number of aryl methyl sites for hydroxylation is 2. The van der Waals surface area contributed by atoms with Gasteiger partial charge in [-0.2, -0.15) is 0 Å². The molecular formula is C18H23N. The quantitative estimate of drug-likeness (QED) is 0.857. The number of nitrogens with one attached hydrogen (secondary N) is 1. The molecule has 1 unspecified atom stereocenters. The van der Waals surface area contributed by atoms with Crippen LogP contribution in [-0.4, -0.2) is 13.1 Å². The fraction of sp³-hybridized carbons (Fsp3) is 0.333. The smallest absolute Gasteiger partial charge is 0.0145 e. The summed E-state index contributed by atoms with van der Waals surface area (Å²) >= 11 is 0. The van der Waals surface area contributed by atoms with Crippen LogP contribution in [0.25, 0.3) is 0 Å². The Balaban J connectivity index is 2.05. The van der Waals surface area contributed by atoms with E-state index in [4.69, 9.17) is 0 Å². The first-order valence-electron chi connectivity index (χ1n) is 6.96. The zero-order chi connectivity index (χ0) is 13.7. The number of benzene rings is 2. The summed E-state index contributed by atoms with van der Waals surface area (Å²) in [6.07, 6.45) is 2.15. The molecule has 0 aliphatic carbocycles. The maximum Gasteiger partial charge on any atom is 0.0145 e. The molecule has 0 amide bonds. The van der Waals surface area contributed by atoms with Crippen molar-refractivity contribution in [3.63, 3.8) is 0 Å². The predicted octanol–water partition coefficient (Wildman–Crippen LogP) is 3.68. The molecule has 2 aromatic carbocycles. The maximum absolute atomic E-state index is 3.44. The van der Waals surface area contributed by atoms with Crippen LogP contribution >= 0.6 is 0 Å². The van der Waals surface area contributed by atoms with E-state index < -0.39 is 0 Å². The predicted molar refractivity (Wildman–Crippen MR) is 82.6 cm³/mol. The third-order valence-corrected chi connectivity index (χ3v) is 3.74. The van der Waals surface area contributed by atoms with Gasteiger partial charge < -0.3 is 5.32 Å². The Morgan fingerprint density at radius 3 is 2.21 bits per heavy atom. The van der Waals surface area contributed by atoms with Crippen LogP contribution in [-0.2, 0) is 12.8 Å². The van der Waals surface area contributed by atoms with Crippen LogP contribution in [0.5, 0.6) is 0 Å². The molecule has 2 rings (SSSR count). The summed E-state index contributed by atoms with van der Waals surface area (Å²) in [5.74, 6) is 0. The standard InChI is InChI=1S/C18H23N/c1-14-8-10-16(11-9-14)12-18(19-3)13-17-7-5-4-6-15(17)2/h4-11,18-19H,12-13H2,1-3H3. The van der Waals surface area contributed by atoms with E-state index in [-0.39, 0.29) is 0 Å². The van der Waals surface area contributed by atoms with Crippen molar-refractivity contribution in [2.45, 2.75) is 32.7 Å². The van der Waals surface area contributed by atoms with E-state index in [2.05, 4.69) is 74.7 Å². The van der Waals surface area contributed by atoms with Crippen molar-refractivity contribution < 1.29 is 0 Å². The van der Waals surface area contributed by atoms with E-state index in [1.54, 1.807) is 0 Å². The van der Waals surface area contributed by atoms with E-state index >= 15 is 0 Å². The molecule has 0 aromatic heterocycles. The largest absolute Gasteiger partial charge is 0.316 e. The van der Waals surface area contributed by atoms with Gasteiger partial charge in [-0.3, -0.25) is 0 Å². The lowest BCUT2D eigenvalue weighted by Gasteiger charge is -2.17. The molecule has 0 heterocycles. The highest BCUT2D eigenvalue weighted by Gasteiger charge is 2.09. The van der Waals surface area contributed by atoms with E-state index in [1.807, 2.05) is 0 Å². The Labute approximate surface area is 116 Å². The molecule has 0 radical (unpaired) electrons. The van der Waals surface area contributed by atoms with Crippen LogP contribution in [0.2, 0.25) is 0 Å². The molecule has 0 saturated carbocycles. The molecule has 0 aliphatic rings. The second-order valence-corrected chi connectivity index (χ2v) is 5.31. The van der Waals surface area contributed by atoms with Crippen molar-refractivity contribution in [2.75, 3.05) is 7.05 Å². The minimum atomic E-state index is 0.490. The highest BCUT2D eigenvalue weighted by molar-refractivity contribution is 5.27. The van der Waals surface area contributed by atoms with Crippen molar-refractivity contribution in [3.05, 3.63) is 70.8 Å². The Morgan fingerprint density at radius 1 is 0.895 bits per heavy atom. The Kier molecular flexibility index (Phi) is 4.75. The summed E-state index contributed by atoms with van der Waals surface area (Å²) in [7, 11) is 2.05. The minimum absolute atomic E-state index is 0.490. The maximum atomic E-state index is 3.44. The number of hydrogen-bond acceptors (Lipinski definition) is 1. The topological polar surface area (TPSA) is 12.0 Å². The SMILES string of the molecule is CNC(Cc1ccc(C)cc1)Cc1ccccc1C. The molecule has 0 fully saturated rings. The van der Waals surface area contributed by atoms with Gasteiger partial charge in [0.25, 0.3) is 0 Å². The fourth-order valence-corrected chi connectivity index (χ4v) is 2.39.